The van der Waals surface area contributed by atoms with E-state index in [9.17, 15) is 0 Å². The second-order valence-electron chi connectivity index (χ2n) is 8.70. The smallest absolute Gasteiger partial charge is 0.226 e. The van der Waals surface area contributed by atoms with Gasteiger partial charge in [-0.25, -0.2) is 4.98 Å². The molecule has 0 aliphatic heterocycles. The zero-order valence-corrected chi connectivity index (χ0v) is 19.9. The van der Waals surface area contributed by atoms with Crippen molar-refractivity contribution in [3.05, 3.63) is 121 Å². The highest BCUT2D eigenvalue weighted by atomic mass is 35.5. The average molecular weight is 483 g/mol. The molecule has 5 heteroatoms. The van der Waals surface area contributed by atoms with Gasteiger partial charge < -0.3 is 4.57 Å². The first kappa shape index (κ1) is 20.8. The topological polar surface area (TPSA) is 43.6 Å². The van der Waals surface area contributed by atoms with Crippen molar-refractivity contribution in [2.45, 2.75) is 0 Å². The summed E-state index contributed by atoms with van der Waals surface area (Å²) in [5, 5.41) is 5.04. The van der Waals surface area contributed by atoms with Gasteiger partial charge in [-0.2, -0.15) is 9.97 Å². The Morgan fingerprint density at radius 3 is 2.08 bits per heavy atom. The maximum Gasteiger partial charge on any atom is 0.226 e. The molecule has 0 bridgehead atoms. The van der Waals surface area contributed by atoms with Gasteiger partial charge in [0.2, 0.25) is 5.28 Å². The molecular formula is C31H19ClN4. The summed E-state index contributed by atoms with van der Waals surface area (Å²) in [6.07, 6.45) is 0. The molecule has 7 rings (SSSR count). The van der Waals surface area contributed by atoms with Gasteiger partial charge >= 0.3 is 0 Å². The van der Waals surface area contributed by atoms with Crippen LogP contribution in [0.1, 0.15) is 0 Å². The molecule has 0 radical (unpaired) electrons. The fourth-order valence-electron chi connectivity index (χ4n) is 4.98. The molecule has 0 saturated carbocycles. The van der Waals surface area contributed by atoms with Crippen LogP contribution >= 0.6 is 11.6 Å². The maximum absolute atomic E-state index is 6.34. The van der Waals surface area contributed by atoms with Crippen LogP contribution in [0, 0.1) is 0 Å². The van der Waals surface area contributed by atoms with Crippen LogP contribution in [0.4, 0.5) is 0 Å². The Hall–Kier alpha value is -4.54. The molecule has 0 unspecified atom stereocenters. The minimum atomic E-state index is 0.173. The van der Waals surface area contributed by atoms with Gasteiger partial charge in [0.1, 0.15) is 0 Å². The van der Waals surface area contributed by atoms with Crippen molar-refractivity contribution in [1.82, 2.24) is 19.5 Å². The minimum Gasteiger partial charge on any atom is -0.309 e. The number of halogens is 1. The molecule has 2 aromatic heterocycles. The van der Waals surface area contributed by atoms with Crippen molar-refractivity contribution in [2.24, 2.45) is 0 Å². The summed E-state index contributed by atoms with van der Waals surface area (Å²) >= 11 is 6.34. The Labute approximate surface area is 212 Å². The van der Waals surface area contributed by atoms with Gasteiger partial charge in [0.15, 0.2) is 11.6 Å². The molecule has 4 nitrogen and oxygen atoms in total. The molecule has 0 N–H and O–H groups in total. The van der Waals surface area contributed by atoms with Crippen LogP contribution in [-0.4, -0.2) is 19.5 Å². The summed E-state index contributed by atoms with van der Waals surface area (Å²) in [5.74, 6) is 1.10. The van der Waals surface area contributed by atoms with Crippen molar-refractivity contribution in [2.75, 3.05) is 0 Å². The van der Waals surface area contributed by atoms with E-state index in [-0.39, 0.29) is 5.28 Å². The van der Waals surface area contributed by atoms with Gasteiger partial charge in [0.05, 0.1) is 11.0 Å². The summed E-state index contributed by atoms with van der Waals surface area (Å²) in [6, 6.07) is 39.6. The predicted molar refractivity (Wildman–Crippen MR) is 148 cm³/mol. The lowest BCUT2D eigenvalue weighted by atomic mass is 10.1. The van der Waals surface area contributed by atoms with Crippen molar-refractivity contribution in [1.29, 1.82) is 0 Å². The number of hydrogen-bond donors (Lipinski definition) is 0. The van der Waals surface area contributed by atoms with E-state index >= 15 is 0 Å². The Morgan fingerprint density at radius 2 is 1.22 bits per heavy atom. The van der Waals surface area contributed by atoms with E-state index in [4.69, 9.17) is 16.6 Å². The lowest BCUT2D eigenvalue weighted by Gasteiger charge is -2.12. The molecule has 2 heterocycles. The Balaban J connectivity index is 1.48. The van der Waals surface area contributed by atoms with Crippen LogP contribution in [0.15, 0.2) is 115 Å². The van der Waals surface area contributed by atoms with Crippen molar-refractivity contribution >= 4 is 44.2 Å². The van der Waals surface area contributed by atoms with E-state index in [1.807, 2.05) is 42.5 Å². The van der Waals surface area contributed by atoms with Crippen LogP contribution in [0.3, 0.4) is 0 Å². The van der Waals surface area contributed by atoms with E-state index in [0.29, 0.717) is 11.6 Å². The number of benzene rings is 5. The standard InChI is InChI=1S/C31H19ClN4/c32-31-34-29(21-10-2-1-3-11-21)33-30(35-31)22-12-8-13-23(19-22)36-27-16-7-6-15-25(27)26-18-17-20-9-4-5-14-24(20)28(26)36/h1-19H. The van der Waals surface area contributed by atoms with Crippen molar-refractivity contribution < 1.29 is 0 Å². The first-order chi connectivity index (χ1) is 17.8. The molecule has 0 atom stereocenters. The summed E-state index contributed by atoms with van der Waals surface area (Å²) in [7, 11) is 0. The van der Waals surface area contributed by atoms with Crippen LogP contribution in [0.5, 0.6) is 0 Å². The average Bonchev–Trinajstić information content (AvgIpc) is 3.28. The van der Waals surface area contributed by atoms with Gasteiger partial charge in [0.25, 0.3) is 0 Å². The number of aromatic nitrogens is 4. The number of fused-ring (bicyclic) bond motifs is 5. The maximum atomic E-state index is 6.34. The highest BCUT2D eigenvalue weighted by molar-refractivity contribution is 6.28. The molecule has 0 aliphatic carbocycles. The lowest BCUT2D eigenvalue weighted by Crippen LogP contribution is -1.99. The van der Waals surface area contributed by atoms with Crippen LogP contribution in [0.2, 0.25) is 5.28 Å². The van der Waals surface area contributed by atoms with Crippen LogP contribution in [0.25, 0.3) is 61.0 Å². The third-order valence-electron chi connectivity index (χ3n) is 6.56. The van der Waals surface area contributed by atoms with E-state index in [1.165, 1.54) is 27.1 Å². The molecule has 0 amide bonds. The molecule has 0 saturated heterocycles. The van der Waals surface area contributed by atoms with Crippen LogP contribution in [-0.2, 0) is 0 Å². The highest BCUT2D eigenvalue weighted by Crippen LogP contribution is 2.37. The monoisotopic (exact) mass is 482 g/mol. The molecule has 0 fully saturated rings. The molecule has 0 spiro atoms. The van der Waals surface area contributed by atoms with Crippen molar-refractivity contribution in [3.63, 3.8) is 0 Å². The molecule has 5 aromatic carbocycles. The Bertz CT molecular complexity index is 1910. The van der Waals surface area contributed by atoms with Crippen LogP contribution < -0.4 is 0 Å². The molecular weight excluding hydrogens is 464 g/mol. The zero-order valence-electron chi connectivity index (χ0n) is 19.1. The first-order valence-corrected chi connectivity index (χ1v) is 12.1. The Morgan fingerprint density at radius 1 is 0.528 bits per heavy atom. The Kier molecular flexibility index (Phi) is 4.79. The third kappa shape index (κ3) is 3.35. The summed E-state index contributed by atoms with van der Waals surface area (Å²) in [5.41, 5.74) is 5.14. The molecule has 7 aromatic rings. The van der Waals surface area contributed by atoms with Gasteiger partial charge in [0, 0.05) is 33.0 Å². The summed E-state index contributed by atoms with van der Waals surface area (Å²) in [4.78, 5) is 13.6. The zero-order chi connectivity index (χ0) is 24.1. The second-order valence-corrected chi connectivity index (χ2v) is 9.04. The number of nitrogens with zero attached hydrogens (tertiary/aromatic N) is 4. The summed E-state index contributed by atoms with van der Waals surface area (Å²) in [6.45, 7) is 0. The molecule has 170 valence electrons. The largest absolute Gasteiger partial charge is 0.309 e. The van der Waals surface area contributed by atoms with E-state index in [1.54, 1.807) is 0 Å². The van der Waals surface area contributed by atoms with Crippen molar-refractivity contribution in [3.8, 4) is 28.5 Å². The molecule has 36 heavy (non-hydrogen) atoms. The van der Waals surface area contributed by atoms with Gasteiger partial charge in [-0.05, 0) is 35.2 Å². The fourth-order valence-corrected chi connectivity index (χ4v) is 5.14. The minimum absolute atomic E-state index is 0.173. The number of hydrogen-bond acceptors (Lipinski definition) is 3. The quantitative estimate of drug-likeness (QED) is 0.255. The predicted octanol–water partition coefficient (Wildman–Crippen LogP) is 8.11. The van der Waals surface area contributed by atoms with E-state index < -0.39 is 0 Å². The van der Waals surface area contributed by atoms with Gasteiger partial charge in [-0.3, -0.25) is 0 Å². The summed E-state index contributed by atoms with van der Waals surface area (Å²) < 4.78 is 2.33. The number of rotatable bonds is 3. The highest BCUT2D eigenvalue weighted by Gasteiger charge is 2.16. The van der Waals surface area contributed by atoms with E-state index in [0.717, 1.165) is 22.3 Å². The number of para-hydroxylation sites is 1. The molecule has 0 aliphatic rings. The normalized spacial score (nSPS) is 11.5. The fraction of sp³-hybridized carbons (Fsp3) is 0. The van der Waals surface area contributed by atoms with E-state index in [2.05, 4.69) is 87.3 Å². The second kappa shape index (κ2) is 8.29. The lowest BCUT2D eigenvalue weighted by molar-refractivity contribution is 1.06. The SMILES string of the molecule is Clc1nc(-c2ccccc2)nc(-c2cccc(-n3c4ccccc4c4ccc5ccccc5c43)c2)n1. The van der Waals surface area contributed by atoms with Gasteiger partial charge in [-0.1, -0.05) is 97.1 Å². The van der Waals surface area contributed by atoms with Gasteiger partial charge in [-0.15, -0.1) is 0 Å². The third-order valence-corrected chi connectivity index (χ3v) is 6.73. The first-order valence-electron chi connectivity index (χ1n) is 11.7.